The van der Waals surface area contributed by atoms with Gasteiger partial charge in [-0.3, -0.25) is 0 Å². The molecule has 0 spiro atoms. The van der Waals surface area contributed by atoms with Crippen LogP contribution in [0.1, 0.15) is 55.4 Å². The SMILES string of the molecule is CC(C)(C)OC(=O)N[C@@H]1C=C[C@@H](C(C)(C)O[SiH2]C(C)(C)C)OC1. The minimum absolute atomic E-state index is 0.103. The number of amides is 1. The van der Waals surface area contributed by atoms with Gasteiger partial charge >= 0.3 is 6.09 Å². The van der Waals surface area contributed by atoms with Crippen LogP contribution < -0.4 is 5.32 Å². The van der Waals surface area contributed by atoms with Gasteiger partial charge in [-0.15, -0.1) is 0 Å². The molecule has 0 saturated carbocycles. The molecule has 0 fully saturated rings. The summed E-state index contributed by atoms with van der Waals surface area (Å²) in [6, 6.07) is -0.170. The van der Waals surface area contributed by atoms with Crippen LogP contribution in [0.4, 0.5) is 4.79 Å². The zero-order valence-corrected chi connectivity index (χ0v) is 17.3. The second kappa shape index (κ2) is 7.36. The van der Waals surface area contributed by atoms with E-state index in [1.54, 1.807) is 0 Å². The van der Waals surface area contributed by atoms with E-state index < -0.39 is 21.5 Å². The highest BCUT2D eigenvalue weighted by molar-refractivity contribution is 6.31. The molecule has 2 atom stereocenters. The molecule has 1 rings (SSSR count). The van der Waals surface area contributed by atoms with Gasteiger partial charge in [-0.05, 0) is 39.7 Å². The van der Waals surface area contributed by atoms with Crippen molar-refractivity contribution in [3.8, 4) is 0 Å². The van der Waals surface area contributed by atoms with Crippen molar-refractivity contribution in [2.45, 2.75) is 83.8 Å². The van der Waals surface area contributed by atoms with Gasteiger partial charge in [-0.25, -0.2) is 4.79 Å². The summed E-state index contributed by atoms with van der Waals surface area (Å²) < 4.78 is 17.3. The maximum Gasteiger partial charge on any atom is 0.408 e. The molecule has 0 unspecified atom stereocenters. The van der Waals surface area contributed by atoms with Crippen molar-refractivity contribution in [3.05, 3.63) is 12.2 Å². The van der Waals surface area contributed by atoms with E-state index in [9.17, 15) is 4.79 Å². The van der Waals surface area contributed by atoms with Crippen molar-refractivity contribution in [3.63, 3.8) is 0 Å². The van der Waals surface area contributed by atoms with Crippen LogP contribution in [0.25, 0.3) is 0 Å². The first-order valence-electron chi connectivity index (χ1n) is 8.22. The topological polar surface area (TPSA) is 56.8 Å². The molecule has 1 aliphatic rings. The Bertz CT molecular complexity index is 435. The minimum atomic E-state index is -0.654. The van der Waals surface area contributed by atoms with Crippen LogP contribution >= 0.6 is 0 Å². The summed E-state index contributed by atoms with van der Waals surface area (Å²) in [5, 5.41) is 3.05. The second-order valence-corrected chi connectivity index (χ2v) is 11.5. The van der Waals surface area contributed by atoms with Crippen LogP contribution in [0.15, 0.2) is 12.2 Å². The van der Waals surface area contributed by atoms with Crippen LogP contribution in [0.3, 0.4) is 0 Å². The first-order valence-corrected chi connectivity index (χ1v) is 9.50. The molecule has 1 N–H and O–H groups in total. The lowest BCUT2D eigenvalue weighted by atomic mass is 9.99. The van der Waals surface area contributed by atoms with Crippen molar-refractivity contribution in [1.82, 2.24) is 5.32 Å². The molecule has 0 aromatic rings. The van der Waals surface area contributed by atoms with Crippen molar-refractivity contribution in [2.75, 3.05) is 6.61 Å². The van der Waals surface area contributed by atoms with Gasteiger partial charge in [-0.2, -0.15) is 0 Å². The van der Waals surface area contributed by atoms with Gasteiger partial charge < -0.3 is 19.2 Å². The van der Waals surface area contributed by atoms with E-state index in [0.717, 1.165) is 0 Å². The largest absolute Gasteiger partial charge is 0.444 e. The molecule has 6 heteroatoms. The average Bonchev–Trinajstić information content (AvgIpc) is 2.34. The van der Waals surface area contributed by atoms with E-state index >= 15 is 0 Å². The molecule has 1 heterocycles. The Kier molecular flexibility index (Phi) is 6.46. The fourth-order valence-corrected chi connectivity index (χ4v) is 2.99. The second-order valence-electron chi connectivity index (χ2n) is 8.84. The number of rotatable bonds is 4. The molecule has 1 amide bonds. The molecule has 0 radical (unpaired) electrons. The van der Waals surface area contributed by atoms with Crippen molar-refractivity contribution in [2.24, 2.45) is 0 Å². The number of hydrogen-bond donors (Lipinski definition) is 1. The Morgan fingerprint density at radius 2 is 1.74 bits per heavy atom. The Morgan fingerprint density at radius 3 is 2.17 bits per heavy atom. The van der Waals surface area contributed by atoms with Gasteiger partial charge in [0.05, 0.1) is 18.2 Å². The third-order valence-corrected chi connectivity index (χ3v) is 4.99. The van der Waals surface area contributed by atoms with Crippen LogP contribution in [0.5, 0.6) is 0 Å². The Hall–Kier alpha value is -0.853. The molecular formula is C17H33NO4Si. The zero-order valence-electron chi connectivity index (χ0n) is 15.9. The van der Waals surface area contributed by atoms with E-state index in [4.69, 9.17) is 13.9 Å². The molecule has 23 heavy (non-hydrogen) atoms. The summed E-state index contributed by atoms with van der Waals surface area (Å²) in [6.45, 7) is 16.7. The third-order valence-electron chi connectivity index (χ3n) is 3.24. The lowest BCUT2D eigenvalue weighted by Crippen LogP contribution is -2.48. The lowest BCUT2D eigenvalue weighted by molar-refractivity contribution is -0.0575. The van der Waals surface area contributed by atoms with E-state index in [2.05, 4.69) is 39.9 Å². The molecule has 0 bridgehead atoms. The van der Waals surface area contributed by atoms with Crippen molar-refractivity contribution < 1.29 is 18.7 Å². The summed E-state index contributed by atoms with van der Waals surface area (Å²) in [5.41, 5.74) is -0.855. The predicted molar refractivity (Wildman–Crippen MR) is 95.5 cm³/mol. The van der Waals surface area contributed by atoms with Gasteiger partial charge in [0.1, 0.15) is 11.7 Å². The summed E-state index contributed by atoms with van der Waals surface area (Å²) in [4.78, 5) is 11.8. The van der Waals surface area contributed by atoms with E-state index in [-0.39, 0.29) is 22.8 Å². The van der Waals surface area contributed by atoms with Crippen molar-refractivity contribution >= 4 is 15.9 Å². The average molecular weight is 344 g/mol. The standard InChI is InChI=1S/C17H33NO4Si/c1-15(2,3)21-14(19)18-12-9-10-13(20-11-12)17(7,8)22-23-16(4,5)6/h9-10,12-13H,11,23H2,1-8H3,(H,18,19)/t12-,13+/m1/s1. The highest BCUT2D eigenvalue weighted by Crippen LogP contribution is 2.27. The molecule has 0 aliphatic carbocycles. The molecule has 0 aromatic heterocycles. The first-order chi connectivity index (χ1) is 10.3. The van der Waals surface area contributed by atoms with Gasteiger partial charge in [0.25, 0.3) is 0 Å². The van der Waals surface area contributed by atoms with Crippen LogP contribution in [-0.4, -0.2) is 45.8 Å². The fraction of sp³-hybridized carbons (Fsp3) is 0.824. The number of hydrogen-bond acceptors (Lipinski definition) is 4. The molecule has 134 valence electrons. The van der Waals surface area contributed by atoms with Crippen LogP contribution in [-0.2, 0) is 13.9 Å². The maximum absolute atomic E-state index is 11.8. The van der Waals surface area contributed by atoms with Crippen LogP contribution in [0.2, 0.25) is 5.04 Å². The maximum atomic E-state index is 11.8. The van der Waals surface area contributed by atoms with Gasteiger partial charge in [0, 0.05) is 0 Å². The molecule has 1 aliphatic heterocycles. The fourth-order valence-electron chi connectivity index (χ4n) is 2.02. The normalized spacial score (nSPS) is 23.3. The Labute approximate surface area is 143 Å². The Morgan fingerprint density at radius 1 is 1.13 bits per heavy atom. The number of alkyl carbamates (subject to hydrolysis) is 1. The Balaban J connectivity index is 2.52. The number of carbonyl (C=O) groups excluding carboxylic acids is 1. The van der Waals surface area contributed by atoms with Crippen molar-refractivity contribution in [1.29, 1.82) is 0 Å². The molecule has 5 nitrogen and oxygen atoms in total. The van der Waals surface area contributed by atoms with Crippen LogP contribution in [0, 0.1) is 0 Å². The van der Waals surface area contributed by atoms with E-state index in [1.807, 2.05) is 32.9 Å². The smallest absolute Gasteiger partial charge is 0.408 e. The van der Waals surface area contributed by atoms with E-state index in [1.165, 1.54) is 0 Å². The quantitative estimate of drug-likeness (QED) is 0.630. The third kappa shape index (κ3) is 7.99. The minimum Gasteiger partial charge on any atom is -0.444 e. The summed E-state index contributed by atoms with van der Waals surface area (Å²) in [5.74, 6) is 0. The number of carbonyl (C=O) groups is 1. The number of nitrogens with one attached hydrogen (secondary N) is 1. The zero-order chi connectivity index (χ0) is 17.9. The first kappa shape index (κ1) is 20.2. The van der Waals surface area contributed by atoms with E-state index in [0.29, 0.717) is 6.61 Å². The lowest BCUT2D eigenvalue weighted by Gasteiger charge is -2.38. The predicted octanol–water partition coefficient (Wildman–Crippen LogP) is 2.93. The summed E-state index contributed by atoms with van der Waals surface area (Å²) in [7, 11) is -0.654. The van der Waals surface area contributed by atoms with Gasteiger partial charge in [0.15, 0.2) is 9.76 Å². The highest BCUT2D eigenvalue weighted by Gasteiger charge is 2.33. The molecule has 0 saturated heterocycles. The molecular weight excluding hydrogens is 310 g/mol. The highest BCUT2D eigenvalue weighted by atomic mass is 28.2. The summed E-state index contributed by atoms with van der Waals surface area (Å²) >= 11 is 0. The van der Waals surface area contributed by atoms with Gasteiger partial charge in [-0.1, -0.05) is 32.9 Å². The molecule has 0 aromatic carbocycles. The monoisotopic (exact) mass is 343 g/mol. The summed E-state index contributed by atoms with van der Waals surface area (Å²) in [6.07, 6.45) is 3.41. The number of ether oxygens (including phenoxy) is 2. The van der Waals surface area contributed by atoms with Gasteiger partial charge in [0.2, 0.25) is 0 Å².